The Morgan fingerprint density at radius 1 is 0.214 bits per heavy atom. The van der Waals surface area contributed by atoms with Crippen LogP contribution >= 0.6 is 0 Å². The third-order valence-electron chi connectivity index (χ3n) is 18.0. The van der Waals surface area contributed by atoms with Crippen LogP contribution in [0.4, 0.5) is 102 Å². The zero-order valence-corrected chi connectivity index (χ0v) is 52.8. The number of hydrogen-bond acceptors (Lipinski definition) is 12. The zero-order valence-electron chi connectivity index (χ0n) is 52.8. The molecule has 0 unspecified atom stereocenters. The van der Waals surface area contributed by atoms with E-state index >= 15 is 0 Å². The first-order valence-electron chi connectivity index (χ1n) is 32.6. The molecule has 2 aliphatic rings. The van der Waals surface area contributed by atoms with Gasteiger partial charge in [-0.25, -0.2) is 0 Å². The second kappa shape index (κ2) is 24.4. The summed E-state index contributed by atoms with van der Waals surface area (Å²) >= 11 is 0. The smallest absolute Gasteiger partial charge is 0.153 e. The summed E-state index contributed by atoms with van der Waals surface area (Å²) in [5, 5.41) is 1.59. The van der Waals surface area contributed by atoms with Crippen molar-refractivity contribution in [2.45, 2.75) is 0 Å². The number of ether oxygens (including phenoxy) is 2. The molecule has 0 spiro atoms. The van der Waals surface area contributed by atoms with E-state index in [1.54, 1.807) is 12.4 Å². The number of para-hydroxylation sites is 8. The molecule has 0 saturated heterocycles. The molecule has 0 N–H and O–H groups in total. The van der Waals surface area contributed by atoms with Crippen LogP contribution < -0.4 is 38.9 Å². The molecule has 5 heterocycles. The maximum absolute atomic E-state index is 7.22. The first-order chi connectivity index (χ1) is 48.6. The second-order valence-corrected chi connectivity index (χ2v) is 23.9. The van der Waals surface area contributed by atoms with E-state index in [0.29, 0.717) is 45.1 Å². The molecule has 0 bridgehead atoms. The normalized spacial score (nSPS) is 12.0. The molecule has 12 heteroatoms. The first-order valence-corrected chi connectivity index (χ1v) is 32.6. The highest BCUT2D eigenvalue weighted by Gasteiger charge is 2.33. The van der Waals surface area contributed by atoms with Crippen LogP contribution in [-0.4, -0.2) is 19.9 Å². The lowest BCUT2D eigenvalue weighted by atomic mass is 10.0. The summed E-state index contributed by atoms with van der Waals surface area (Å²) in [5.74, 6) is 2.67. The highest BCUT2D eigenvalue weighted by Crippen LogP contribution is 2.57. The number of rotatable bonds is 14. The van der Waals surface area contributed by atoms with Crippen molar-refractivity contribution in [3.8, 4) is 23.0 Å². The number of pyridine rings is 2. The Bertz CT molecular complexity index is 4820. The van der Waals surface area contributed by atoms with Gasteiger partial charge in [-0.1, -0.05) is 146 Å². The number of benzene rings is 13. The number of anilines is 18. The Balaban J connectivity index is 0.793. The van der Waals surface area contributed by atoms with E-state index in [-0.39, 0.29) is 0 Å². The lowest BCUT2D eigenvalue weighted by Crippen LogP contribution is -2.18. The van der Waals surface area contributed by atoms with Crippen LogP contribution in [0.5, 0.6) is 23.0 Å². The van der Waals surface area contributed by atoms with E-state index in [2.05, 4.69) is 308 Å². The monoisotopic (exact) mass is 1260 g/mol. The predicted molar refractivity (Wildman–Crippen MR) is 398 cm³/mol. The van der Waals surface area contributed by atoms with Gasteiger partial charge in [0.05, 0.1) is 68.6 Å². The van der Waals surface area contributed by atoms with E-state index in [1.807, 2.05) is 60.9 Å². The summed E-state index contributed by atoms with van der Waals surface area (Å²) in [6, 6.07) is 113. The van der Waals surface area contributed by atoms with Crippen molar-refractivity contribution in [3.63, 3.8) is 0 Å². The lowest BCUT2D eigenvalue weighted by molar-refractivity contribution is 0.477. The van der Waals surface area contributed by atoms with Gasteiger partial charge in [0.15, 0.2) is 23.0 Å². The zero-order chi connectivity index (χ0) is 64.9. The SMILES string of the molecule is c1ccc(N(c2ccccc2)c2ccc3c(c2)Oc2cc(N(c4ccccc4)c4ccccc4)ccc2N3c2cnc3c(c2)c2nccnc2c2cc(N4c5ccc(N(c6ccccc6)c6ccccc6)cc5Oc5cc(N(c6ccccc6)c6ccccc6)ccc54)cnc23)cc1. The third kappa shape index (κ3) is 10.2. The highest BCUT2D eigenvalue weighted by atomic mass is 16.5. The van der Waals surface area contributed by atoms with Gasteiger partial charge in [-0.2, -0.15) is 0 Å². The fourth-order valence-electron chi connectivity index (χ4n) is 13.7. The average molecular weight is 1260 g/mol. The Morgan fingerprint density at radius 2 is 0.429 bits per heavy atom. The van der Waals surface area contributed by atoms with Crippen LogP contribution in [0, 0.1) is 0 Å². The fourth-order valence-corrected chi connectivity index (χ4v) is 13.7. The molecular formula is C86H58N10O2. The van der Waals surface area contributed by atoms with Gasteiger partial charge < -0.3 is 38.9 Å². The largest absolute Gasteiger partial charge is 0.453 e. The molecular weight excluding hydrogens is 1210 g/mol. The third-order valence-corrected chi connectivity index (χ3v) is 18.0. The van der Waals surface area contributed by atoms with Crippen LogP contribution in [0.3, 0.4) is 0 Å². The maximum atomic E-state index is 7.22. The van der Waals surface area contributed by atoms with Crippen LogP contribution in [0.25, 0.3) is 32.8 Å². The minimum Gasteiger partial charge on any atom is -0.453 e. The van der Waals surface area contributed by atoms with Crippen molar-refractivity contribution < 1.29 is 9.47 Å². The lowest BCUT2D eigenvalue weighted by Gasteiger charge is -2.35. The van der Waals surface area contributed by atoms with Crippen molar-refractivity contribution in [2.75, 3.05) is 29.4 Å². The van der Waals surface area contributed by atoms with Gasteiger partial charge in [-0.05, 0) is 158 Å². The summed E-state index contributed by atoms with van der Waals surface area (Å²) < 4.78 is 14.4. The summed E-state index contributed by atoms with van der Waals surface area (Å²) in [4.78, 5) is 34.6. The number of aromatic nitrogens is 4. The fraction of sp³-hybridized carbons (Fsp3) is 0. The van der Waals surface area contributed by atoms with Crippen LogP contribution in [0.15, 0.2) is 352 Å². The molecule has 16 aromatic rings. The summed E-state index contributed by atoms with van der Waals surface area (Å²) in [7, 11) is 0. The van der Waals surface area contributed by atoms with Crippen LogP contribution in [0.1, 0.15) is 0 Å². The topological polar surface area (TPSA) is 89.5 Å². The molecule has 98 heavy (non-hydrogen) atoms. The van der Waals surface area contributed by atoms with Gasteiger partial charge in [0.2, 0.25) is 0 Å². The number of nitrogens with zero attached hydrogens (tertiary/aromatic N) is 10. The molecule has 3 aromatic heterocycles. The molecule has 464 valence electrons. The first kappa shape index (κ1) is 57.1. The minimum atomic E-state index is 0.667. The van der Waals surface area contributed by atoms with Gasteiger partial charge in [0.25, 0.3) is 0 Å². The van der Waals surface area contributed by atoms with Crippen molar-refractivity contribution in [1.82, 2.24) is 19.9 Å². The molecule has 0 atom stereocenters. The molecule has 13 aromatic carbocycles. The van der Waals surface area contributed by atoms with E-state index < -0.39 is 0 Å². The van der Waals surface area contributed by atoms with Gasteiger partial charge in [-0.15, -0.1) is 0 Å². The van der Waals surface area contributed by atoms with E-state index in [0.717, 1.165) is 113 Å². The quantitative estimate of drug-likeness (QED) is 0.0972. The molecule has 0 radical (unpaired) electrons. The van der Waals surface area contributed by atoms with E-state index in [9.17, 15) is 0 Å². The van der Waals surface area contributed by atoms with Crippen molar-refractivity contribution in [2.24, 2.45) is 0 Å². The van der Waals surface area contributed by atoms with Gasteiger partial charge >= 0.3 is 0 Å². The summed E-state index contributed by atoms with van der Waals surface area (Å²) in [6.07, 6.45) is 7.38. The summed E-state index contributed by atoms with van der Waals surface area (Å²) in [5.41, 5.74) is 19.5. The summed E-state index contributed by atoms with van der Waals surface area (Å²) in [6.45, 7) is 0. The van der Waals surface area contributed by atoms with E-state index in [4.69, 9.17) is 29.4 Å². The van der Waals surface area contributed by atoms with Crippen LogP contribution in [0.2, 0.25) is 0 Å². The maximum Gasteiger partial charge on any atom is 0.153 e. The Kier molecular flexibility index (Phi) is 14.2. The molecule has 0 saturated carbocycles. The molecule has 0 amide bonds. The Hall–Kier alpha value is -13.6. The second-order valence-electron chi connectivity index (χ2n) is 23.9. The highest BCUT2D eigenvalue weighted by molar-refractivity contribution is 6.21. The number of fused-ring (bicyclic) bond motifs is 10. The van der Waals surface area contributed by atoms with Crippen molar-refractivity contribution >= 4 is 135 Å². The van der Waals surface area contributed by atoms with E-state index in [1.165, 1.54) is 0 Å². The molecule has 18 rings (SSSR count). The van der Waals surface area contributed by atoms with Crippen LogP contribution in [-0.2, 0) is 0 Å². The van der Waals surface area contributed by atoms with Crippen molar-refractivity contribution in [3.05, 3.63) is 352 Å². The van der Waals surface area contributed by atoms with Gasteiger partial charge in [0, 0.05) is 116 Å². The molecule has 0 aliphatic carbocycles. The molecule has 0 fully saturated rings. The Labute approximate surface area is 566 Å². The minimum absolute atomic E-state index is 0.667. The number of hydrogen-bond donors (Lipinski definition) is 0. The standard InChI is InChI=1S/C86H58N10O2/c1-9-25-59(26-10-1)91(60-27-11-2-12-28-60)67-41-45-75-79(53-67)97-80-54-68(92(61-29-13-3-14-30-61)62-31-15-4-16-32-62)42-46-76(80)95(75)71-51-73-83-84(88-50-49-87-83)74-52-72(58-90-86(74)85(73)89-57-71)96-77-47-43-69(93(63-33-17-5-18-34-63)64-35-19-6-20-36-64)55-81(77)98-82-56-70(44-48-78(82)96)94(65-37-21-7-22-38-65)66-39-23-8-24-40-66/h1-58H. The van der Waals surface area contributed by atoms with Gasteiger partial charge in [-0.3, -0.25) is 19.9 Å². The molecule has 2 aliphatic heterocycles. The average Bonchev–Trinajstić information content (AvgIpc) is 0.729. The predicted octanol–water partition coefficient (Wildman–Crippen LogP) is 23.8. The van der Waals surface area contributed by atoms with Crippen molar-refractivity contribution in [1.29, 1.82) is 0 Å². The molecule has 12 nitrogen and oxygen atoms in total. The Morgan fingerprint density at radius 3 is 0.653 bits per heavy atom. The van der Waals surface area contributed by atoms with Gasteiger partial charge in [0.1, 0.15) is 0 Å².